The Morgan fingerprint density at radius 3 is 2.71 bits per heavy atom. The molecule has 1 nitrogen and oxygen atoms in total. The average molecular weight is 225 g/mol. The second-order valence-corrected chi connectivity index (χ2v) is 4.27. The van der Waals surface area contributed by atoms with Gasteiger partial charge in [-0.2, -0.15) is 0 Å². The van der Waals surface area contributed by atoms with Crippen LogP contribution < -0.4 is 5.32 Å². The van der Waals surface area contributed by atoms with Crippen molar-refractivity contribution in [3.63, 3.8) is 0 Å². The summed E-state index contributed by atoms with van der Waals surface area (Å²) in [6.45, 7) is 5.18. The van der Waals surface area contributed by atoms with E-state index in [-0.39, 0.29) is 0 Å². The second-order valence-electron chi connectivity index (χ2n) is 4.27. The molecule has 88 valence electrons. The molecule has 0 aliphatic heterocycles. The number of fused-ring (bicyclic) bond motifs is 1. The van der Waals surface area contributed by atoms with Crippen molar-refractivity contribution in [2.45, 2.75) is 19.9 Å². The van der Waals surface area contributed by atoms with E-state index in [1.165, 1.54) is 16.3 Å². The molecular formula is C16H19N. The summed E-state index contributed by atoms with van der Waals surface area (Å²) in [4.78, 5) is 0. The van der Waals surface area contributed by atoms with Gasteiger partial charge in [-0.25, -0.2) is 0 Å². The molecule has 1 N–H and O–H groups in total. The summed E-state index contributed by atoms with van der Waals surface area (Å²) < 4.78 is 0. The molecule has 0 saturated carbocycles. The van der Waals surface area contributed by atoms with E-state index in [2.05, 4.69) is 66.9 Å². The van der Waals surface area contributed by atoms with Gasteiger partial charge in [0.15, 0.2) is 0 Å². The molecule has 0 amide bonds. The van der Waals surface area contributed by atoms with Crippen molar-refractivity contribution in [2.24, 2.45) is 0 Å². The van der Waals surface area contributed by atoms with Crippen LogP contribution in [-0.4, -0.2) is 6.54 Å². The molecule has 0 radical (unpaired) electrons. The molecule has 2 aromatic rings. The summed E-state index contributed by atoms with van der Waals surface area (Å²) in [6.07, 6.45) is 4.21. The second kappa shape index (κ2) is 5.65. The number of nitrogens with one attached hydrogen (secondary N) is 1. The summed E-state index contributed by atoms with van der Waals surface area (Å²) in [7, 11) is 0. The molecule has 0 heterocycles. The van der Waals surface area contributed by atoms with Crippen molar-refractivity contribution in [1.82, 2.24) is 5.32 Å². The Bertz CT molecular complexity index is 508. The van der Waals surface area contributed by atoms with Crippen molar-refractivity contribution < 1.29 is 0 Å². The maximum atomic E-state index is 3.51. The maximum Gasteiger partial charge on any atom is 0.0300 e. The van der Waals surface area contributed by atoms with Crippen LogP contribution in [0.1, 0.15) is 25.5 Å². The molecule has 0 aliphatic rings. The van der Waals surface area contributed by atoms with E-state index >= 15 is 0 Å². The Kier molecular flexibility index (Phi) is 3.94. The van der Waals surface area contributed by atoms with Gasteiger partial charge in [0.05, 0.1) is 0 Å². The van der Waals surface area contributed by atoms with Gasteiger partial charge >= 0.3 is 0 Å². The lowest BCUT2D eigenvalue weighted by Gasteiger charge is -2.15. The normalized spacial score (nSPS) is 13.3. The standard InChI is InChI=1S/C16H19N/c1-3-4-12-17-13(2)15-11-7-9-14-8-5-6-10-16(14)15/h3-11,13,17H,12H2,1-2H3/b4-3+. The first-order chi connectivity index (χ1) is 8.33. The Balaban J connectivity index is 2.28. The van der Waals surface area contributed by atoms with Gasteiger partial charge in [-0.05, 0) is 30.2 Å². The maximum absolute atomic E-state index is 3.51. The molecule has 2 aromatic carbocycles. The van der Waals surface area contributed by atoms with Gasteiger partial charge in [0.2, 0.25) is 0 Å². The van der Waals surface area contributed by atoms with Crippen molar-refractivity contribution >= 4 is 10.8 Å². The third-order valence-electron chi connectivity index (χ3n) is 3.07. The van der Waals surface area contributed by atoms with Crippen LogP contribution in [0.5, 0.6) is 0 Å². The van der Waals surface area contributed by atoms with Crippen LogP contribution in [0.2, 0.25) is 0 Å². The number of hydrogen-bond acceptors (Lipinski definition) is 1. The predicted octanol–water partition coefficient (Wildman–Crippen LogP) is 4.07. The van der Waals surface area contributed by atoms with Crippen LogP contribution in [-0.2, 0) is 0 Å². The van der Waals surface area contributed by atoms with Crippen LogP contribution in [0.3, 0.4) is 0 Å². The molecule has 1 heteroatoms. The molecule has 0 aliphatic carbocycles. The fourth-order valence-electron chi connectivity index (χ4n) is 2.10. The minimum absolute atomic E-state index is 0.372. The third kappa shape index (κ3) is 2.75. The van der Waals surface area contributed by atoms with Gasteiger partial charge in [-0.1, -0.05) is 54.6 Å². The smallest absolute Gasteiger partial charge is 0.0300 e. The van der Waals surface area contributed by atoms with Crippen LogP contribution in [0.4, 0.5) is 0 Å². The van der Waals surface area contributed by atoms with Gasteiger partial charge in [0.1, 0.15) is 0 Å². The summed E-state index contributed by atoms with van der Waals surface area (Å²) in [5, 5.41) is 6.16. The highest BCUT2D eigenvalue weighted by Gasteiger charge is 2.07. The molecule has 0 fully saturated rings. The zero-order valence-electron chi connectivity index (χ0n) is 10.5. The molecule has 1 unspecified atom stereocenters. The largest absolute Gasteiger partial charge is 0.307 e. The Labute approximate surface area is 103 Å². The summed E-state index contributed by atoms with van der Waals surface area (Å²) in [5.74, 6) is 0. The molecule has 0 spiro atoms. The SMILES string of the molecule is C/C=C/CNC(C)c1cccc2ccccc12. The first-order valence-corrected chi connectivity index (χ1v) is 6.15. The zero-order chi connectivity index (χ0) is 12.1. The topological polar surface area (TPSA) is 12.0 Å². The van der Waals surface area contributed by atoms with Crippen molar-refractivity contribution in [3.8, 4) is 0 Å². The fraction of sp³-hybridized carbons (Fsp3) is 0.250. The van der Waals surface area contributed by atoms with Crippen LogP contribution >= 0.6 is 0 Å². The van der Waals surface area contributed by atoms with Gasteiger partial charge in [0, 0.05) is 12.6 Å². The average Bonchev–Trinajstić information content (AvgIpc) is 2.38. The van der Waals surface area contributed by atoms with E-state index in [0.29, 0.717) is 6.04 Å². The number of benzene rings is 2. The van der Waals surface area contributed by atoms with Gasteiger partial charge in [0.25, 0.3) is 0 Å². The van der Waals surface area contributed by atoms with Gasteiger partial charge in [-0.15, -0.1) is 0 Å². The first kappa shape index (κ1) is 11.9. The number of allylic oxidation sites excluding steroid dienone is 1. The van der Waals surface area contributed by atoms with Gasteiger partial charge in [-0.3, -0.25) is 0 Å². The van der Waals surface area contributed by atoms with Crippen molar-refractivity contribution in [1.29, 1.82) is 0 Å². The van der Waals surface area contributed by atoms with E-state index in [4.69, 9.17) is 0 Å². The van der Waals surface area contributed by atoms with Crippen molar-refractivity contribution in [3.05, 3.63) is 60.2 Å². The van der Waals surface area contributed by atoms with E-state index in [1.807, 2.05) is 6.92 Å². The molecule has 0 bridgehead atoms. The minimum Gasteiger partial charge on any atom is -0.307 e. The van der Waals surface area contributed by atoms with Crippen LogP contribution in [0, 0.1) is 0 Å². The lowest BCUT2D eigenvalue weighted by Crippen LogP contribution is -2.18. The molecule has 1 atom stereocenters. The summed E-state index contributed by atoms with van der Waals surface area (Å²) in [5.41, 5.74) is 1.37. The monoisotopic (exact) mass is 225 g/mol. The molecule has 2 rings (SSSR count). The third-order valence-corrected chi connectivity index (χ3v) is 3.07. The molecule has 0 aromatic heterocycles. The van der Waals surface area contributed by atoms with Crippen molar-refractivity contribution in [2.75, 3.05) is 6.54 Å². The minimum atomic E-state index is 0.372. The highest BCUT2D eigenvalue weighted by molar-refractivity contribution is 5.86. The summed E-state index contributed by atoms with van der Waals surface area (Å²) >= 11 is 0. The van der Waals surface area contributed by atoms with Crippen LogP contribution in [0.25, 0.3) is 10.8 Å². The van der Waals surface area contributed by atoms with E-state index in [1.54, 1.807) is 0 Å². The number of rotatable bonds is 4. The molecule has 17 heavy (non-hydrogen) atoms. The Hall–Kier alpha value is -1.60. The quantitative estimate of drug-likeness (QED) is 0.773. The Morgan fingerprint density at radius 2 is 1.88 bits per heavy atom. The zero-order valence-corrected chi connectivity index (χ0v) is 10.5. The lowest BCUT2D eigenvalue weighted by atomic mass is 10.00. The fourth-order valence-corrected chi connectivity index (χ4v) is 2.10. The van der Waals surface area contributed by atoms with E-state index in [9.17, 15) is 0 Å². The van der Waals surface area contributed by atoms with E-state index < -0.39 is 0 Å². The summed E-state index contributed by atoms with van der Waals surface area (Å²) in [6, 6.07) is 15.4. The lowest BCUT2D eigenvalue weighted by molar-refractivity contribution is 0.621. The van der Waals surface area contributed by atoms with Crippen LogP contribution in [0.15, 0.2) is 54.6 Å². The number of hydrogen-bond donors (Lipinski definition) is 1. The highest BCUT2D eigenvalue weighted by atomic mass is 14.9. The predicted molar refractivity (Wildman–Crippen MR) is 75.2 cm³/mol. The van der Waals surface area contributed by atoms with Gasteiger partial charge < -0.3 is 5.32 Å². The van der Waals surface area contributed by atoms with E-state index in [0.717, 1.165) is 6.54 Å². The molecule has 0 saturated heterocycles. The Morgan fingerprint density at radius 1 is 1.12 bits per heavy atom. The first-order valence-electron chi connectivity index (χ1n) is 6.15. The molecular weight excluding hydrogens is 206 g/mol. The highest BCUT2D eigenvalue weighted by Crippen LogP contribution is 2.23.